The van der Waals surface area contributed by atoms with Crippen LogP contribution in [0.4, 0.5) is 11.4 Å². The van der Waals surface area contributed by atoms with Gasteiger partial charge in [0.25, 0.3) is 0 Å². The summed E-state index contributed by atoms with van der Waals surface area (Å²) < 4.78 is 0. The molecule has 1 aromatic rings. The van der Waals surface area contributed by atoms with E-state index in [4.69, 9.17) is 10.8 Å². The Morgan fingerprint density at radius 1 is 1.57 bits per heavy atom. The summed E-state index contributed by atoms with van der Waals surface area (Å²) in [5.74, 6) is -0.875. The van der Waals surface area contributed by atoms with Gasteiger partial charge in [-0.3, -0.25) is 4.79 Å². The van der Waals surface area contributed by atoms with Gasteiger partial charge in [-0.25, -0.2) is 0 Å². The van der Waals surface area contributed by atoms with E-state index in [2.05, 4.69) is 5.32 Å². The second-order valence-corrected chi connectivity index (χ2v) is 3.28. The van der Waals surface area contributed by atoms with E-state index in [9.17, 15) is 4.79 Å². The molecule has 0 aromatic heterocycles. The molecule has 4 heteroatoms. The molecule has 0 saturated heterocycles. The minimum Gasteiger partial charge on any atom is -0.480 e. The second-order valence-electron chi connectivity index (χ2n) is 3.28. The number of carboxylic acid groups (broad SMARTS) is 1. The van der Waals surface area contributed by atoms with Crippen LogP contribution < -0.4 is 11.1 Å². The normalized spacial score (nSPS) is 12.1. The van der Waals surface area contributed by atoms with E-state index in [1.807, 2.05) is 13.0 Å². The Bertz CT molecular complexity index is 350. The number of aliphatic carboxylic acids is 1. The number of carboxylic acids is 1. The number of hydrogen-bond donors (Lipinski definition) is 3. The third-order valence-electron chi connectivity index (χ3n) is 2.02. The van der Waals surface area contributed by atoms with Crippen LogP contribution in [0, 0.1) is 6.92 Å². The number of hydrogen-bond acceptors (Lipinski definition) is 3. The Labute approximate surface area is 82.7 Å². The summed E-state index contributed by atoms with van der Waals surface area (Å²) in [6, 6.07) is 4.75. The average molecular weight is 194 g/mol. The maximum Gasteiger partial charge on any atom is 0.325 e. The number of nitrogens with one attached hydrogen (secondary N) is 1. The van der Waals surface area contributed by atoms with Crippen molar-refractivity contribution < 1.29 is 9.90 Å². The fourth-order valence-corrected chi connectivity index (χ4v) is 1.08. The van der Waals surface area contributed by atoms with E-state index in [1.165, 1.54) is 0 Å². The molecular weight excluding hydrogens is 180 g/mol. The number of nitrogens with two attached hydrogens (primary N) is 1. The molecule has 0 radical (unpaired) electrons. The van der Waals surface area contributed by atoms with E-state index < -0.39 is 12.0 Å². The number of carbonyl (C=O) groups is 1. The zero-order chi connectivity index (χ0) is 10.7. The maximum absolute atomic E-state index is 10.6. The van der Waals surface area contributed by atoms with Gasteiger partial charge in [0.1, 0.15) is 6.04 Å². The van der Waals surface area contributed by atoms with Crippen molar-refractivity contribution in [3.8, 4) is 0 Å². The molecule has 0 amide bonds. The lowest BCUT2D eigenvalue weighted by atomic mass is 10.1. The van der Waals surface area contributed by atoms with Crippen molar-refractivity contribution in [2.24, 2.45) is 0 Å². The Morgan fingerprint density at radius 3 is 2.71 bits per heavy atom. The minimum absolute atomic E-state index is 0.599. The lowest BCUT2D eigenvalue weighted by Gasteiger charge is -2.11. The van der Waals surface area contributed by atoms with Gasteiger partial charge in [-0.15, -0.1) is 0 Å². The second kappa shape index (κ2) is 4.00. The molecular formula is C10H14N2O2. The molecule has 1 unspecified atom stereocenters. The molecule has 0 aliphatic carbocycles. The molecule has 4 nitrogen and oxygen atoms in total. The first-order chi connectivity index (χ1) is 6.50. The van der Waals surface area contributed by atoms with Gasteiger partial charge in [0.15, 0.2) is 0 Å². The number of benzene rings is 1. The molecule has 1 rings (SSSR count). The fraction of sp³-hybridized carbons (Fsp3) is 0.300. The highest BCUT2D eigenvalue weighted by Crippen LogP contribution is 2.17. The lowest BCUT2D eigenvalue weighted by molar-refractivity contribution is -0.137. The van der Waals surface area contributed by atoms with Crippen molar-refractivity contribution in [1.29, 1.82) is 0 Å². The van der Waals surface area contributed by atoms with Gasteiger partial charge in [-0.1, -0.05) is 0 Å². The molecule has 1 aromatic carbocycles. The van der Waals surface area contributed by atoms with E-state index >= 15 is 0 Å². The van der Waals surface area contributed by atoms with Gasteiger partial charge in [-0.2, -0.15) is 0 Å². The van der Waals surface area contributed by atoms with Gasteiger partial charge in [0.05, 0.1) is 0 Å². The first kappa shape index (κ1) is 10.4. The topological polar surface area (TPSA) is 75.3 Å². The highest BCUT2D eigenvalue weighted by Gasteiger charge is 2.09. The van der Waals surface area contributed by atoms with Crippen LogP contribution in [-0.4, -0.2) is 17.1 Å². The standard InChI is InChI=1S/C10H14N2O2/c1-6-5-8(3-4-9(6)11)12-7(2)10(13)14/h3-5,7,12H,11H2,1-2H3,(H,13,14). The molecule has 0 spiro atoms. The first-order valence-electron chi connectivity index (χ1n) is 4.36. The quantitative estimate of drug-likeness (QED) is 0.637. The van der Waals surface area contributed by atoms with Gasteiger partial charge in [0.2, 0.25) is 0 Å². The summed E-state index contributed by atoms with van der Waals surface area (Å²) in [4.78, 5) is 10.6. The molecule has 0 fully saturated rings. The average Bonchev–Trinajstić information content (AvgIpc) is 2.11. The largest absolute Gasteiger partial charge is 0.480 e. The van der Waals surface area contributed by atoms with Crippen LogP contribution in [0.3, 0.4) is 0 Å². The van der Waals surface area contributed by atoms with Gasteiger partial charge >= 0.3 is 5.97 Å². The molecule has 0 aliphatic rings. The van der Waals surface area contributed by atoms with Crippen molar-refractivity contribution >= 4 is 17.3 Å². The fourth-order valence-electron chi connectivity index (χ4n) is 1.08. The first-order valence-corrected chi connectivity index (χ1v) is 4.36. The molecule has 0 bridgehead atoms. The Morgan fingerprint density at radius 2 is 2.21 bits per heavy atom. The van der Waals surface area contributed by atoms with Gasteiger partial charge in [-0.05, 0) is 37.6 Å². The highest BCUT2D eigenvalue weighted by molar-refractivity contribution is 5.77. The third kappa shape index (κ3) is 2.39. The van der Waals surface area contributed by atoms with Crippen LogP contribution in [0.5, 0.6) is 0 Å². The Hall–Kier alpha value is -1.71. The number of nitrogen functional groups attached to an aromatic ring is 1. The van der Waals surface area contributed by atoms with Crippen molar-refractivity contribution in [3.63, 3.8) is 0 Å². The molecule has 14 heavy (non-hydrogen) atoms. The highest BCUT2D eigenvalue weighted by atomic mass is 16.4. The van der Waals surface area contributed by atoms with Crippen LogP contribution >= 0.6 is 0 Å². The summed E-state index contributed by atoms with van der Waals surface area (Å²) in [5.41, 5.74) is 8.05. The van der Waals surface area contributed by atoms with Crippen molar-refractivity contribution in [1.82, 2.24) is 0 Å². The molecule has 76 valence electrons. The zero-order valence-corrected chi connectivity index (χ0v) is 8.24. The summed E-state index contributed by atoms with van der Waals surface area (Å²) in [7, 11) is 0. The van der Waals surface area contributed by atoms with Crippen LogP contribution in [-0.2, 0) is 4.79 Å². The van der Waals surface area contributed by atoms with E-state index in [1.54, 1.807) is 19.1 Å². The molecule has 4 N–H and O–H groups in total. The monoisotopic (exact) mass is 194 g/mol. The Kier molecular flexibility index (Phi) is 2.96. The van der Waals surface area contributed by atoms with E-state index in [0.29, 0.717) is 5.69 Å². The SMILES string of the molecule is Cc1cc(NC(C)C(=O)O)ccc1N. The summed E-state index contributed by atoms with van der Waals surface area (Å²) in [5, 5.41) is 11.5. The van der Waals surface area contributed by atoms with E-state index in [0.717, 1.165) is 11.3 Å². The number of rotatable bonds is 3. The lowest BCUT2D eigenvalue weighted by Crippen LogP contribution is -2.25. The minimum atomic E-state index is -0.875. The molecule has 1 atom stereocenters. The van der Waals surface area contributed by atoms with Crippen molar-refractivity contribution in [3.05, 3.63) is 23.8 Å². The summed E-state index contributed by atoms with van der Waals surface area (Å²) >= 11 is 0. The van der Waals surface area contributed by atoms with Gasteiger partial charge < -0.3 is 16.2 Å². The smallest absolute Gasteiger partial charge is 0.325 e. The van der Waals surface area contributed by atoms with E-state index in [-0.39, 0.29) is 0 Å². The predicted octanol–water partition coefficient (Wildman–Crippen LogP) is 1.46. The Balaban J connectivity index is 2.78. The predicted molar refractivity (Wildman–Crippen MR) is 56.3 cm³/mol. The van der Waals surface area contributed by atoms with Crippen LogP contribution in [0.25, 0.3) is 0 Å². The van der Waals surface area contributed by atoms with Crippen LogP contribution in [0.2, 0.25) is 0 Å². The van der Waals surface area contributed by atoms with Crippen LogP contribution in [0.15, 0.2) is 18.2 Å². The molecule has 0 aliphatic heterocycles. The maximum atomic E-state index is 10.6. The van der Waals surface area contributed by atoms with Gasteiger partial charge in [0, 0.05) is 11.4 Å². The molecule has 0 heterocycles. The number of aryl methyl sites for hydroxylation is 1. The number of anilines is 2. The van der Waals surface area contributed by atoms with Crippen LogP contribution in [0.1, 0.15) is 12.5 Å². The summed E-state index contributed by atoms with van der Waals surface area (Å²) in [6.07, 6.45) is 0. The van der Waals surface area contributed by atoms with Crippen molar-refractivity contribution in [2.75, 3.05) is 11.1 Å². The zero-order valence-electron chi connectivity index (χ0n) is 8.24. The third-order valence-corrected chi connectivity index (χ3v) is 2.02. The molecule has 0 saturated carbocycles. The summed E-state index contributed by atoms with van der Waals surface area (Å²) in [6.45, 7) is 3.47. The van der Waals surface area contributed by atoms with Crippen molar-refractivity contribution in [2.45, 2.75) is 19.9 Å².